The predicted molar refractivity (Wildman–Crippen MR) is 73.3 cm³/mol. The van der Waals surface area contributed by atoms with E-state index in [1.807, 2.05) is 0 Å². The molecule has 21 heavy (non-hydrogen) atoms. The van der Waals surface area contributed by atoms with Gasteiger partial charge in [0.1, 0.15) is 16.5 Å². The van der Waals surface area contributed by atoms with Crippen molar-refractivity contribution >= 4 is 17.2 Å². The van der Waals surface area contributed by atoms with Gasteiger partial charge in [-0.05, 0) is 30.3 Å². The van der Waals surface area contributed by atoms with Gasteiger partial charge in [-0.25, -0.2) is 0 Å². The summed E-state index contributed by atoms with van der Waals surface area (Å²) in [6, 6.07) is 6.52. The number of nitrogens with two attached hydrogens (primary N) is 1. The largest absolute Gasteiger partial charge is 0.573 e. The first-order valence-electron chi connectivity index (χ1n) is 5.62. The highest BCUT2D eigenvalue weighted by molar-refractivity contribution is 7.80. The number of hydrogen-bond acceptors (Lipinski definition) is 4. The minimum Gasteiger partial charge on any atom is -0.455 e. The third-order valence-electron chi connectivity index (χ3n) is 2.34. The summed E-state index contributed by atoms with van der Waals surface area (Å²) in [6.07, 6.45) is -1.82. The molecule has 8 heteroatoms. The smallest absolute Gasteiger partial charge is 0.455 e. The maximum Gasteiger partial charge on any atom is 0.573 e. The molecule has 2 N–H and O–H groups in total. The molecule has 0 bridgehead atoms. The van der Waals surface area contributed by atoms with E-state index in [0.717, 1.165) is 12.1 Å². The van der Waals surface area contributed by atoms with Crippen LogP contribution in [0.15, 0.2) is 42.7 Å². The lowest BCUT2D eigenvalue weighted by Gasteiger charge is -2.11. The minimum absolute atomic E-state index is 0.129. The normalized spacial score (nSPS) is 11.0. The van der Waals surface area contributed by atoms with Gasteiger partial charge in [-0.2, -0.15) is 0 Å². The molecule has 0 fully saturated rings. The Morgan fingerprint density at radius 2 is 1.71 bits per heavy atom. The number of nitrogens with zero attached hydrogens (tertiary/aromatic N) is 1. The average Bonchev–Trinajstić information content (AvgIpc) is 2.40. The summed E-state index contributed by atoms with van der Waals surface area (Å²) in [5.74, 6) is 0.278. The van der Waals surface area contributed by atoms with E-state index in [2.05, 4.69) is 9.72 Å². The molecule has 0 aliphatic rings. The number of ether oxygens (including phenoxy) is 2. The van der Waals surface area contributed by atoms with Crippen molar-refractivity contribution in [2.24, 2.45) is 5.73 Å². The maximum atomic E-state index is 12.0. The Hall–Kier alpha value is -2.35. The molecule has 110 valence electrons. The van der Waals surface area contributed by atoms with E-state index in [1.165, 1.54) is 24.5 Å². The first-order valence-corrected chi connectivity index (χ1v) is 6.03. The van der Waals surface area contributed by atoms with Crippen LogP contribution < -0.4 is 15.2 Å². The average molecular weight is 314 g/mol. The van der Waals surface area contributed by atoms with Crippen LogP contribution in [0.4, 0.5) is 13.2 Å². The third kappa shape index (κ3) is 4.32. The highest BCUT2D eigenvalue weighted by Gasteiger charge is 2.30. The van der Waals surface area contributed by atoms with Gasteiger partial charge in [0.2, 0.25) is 0 Å². The summed E-state index contributed by atoms with van der Waals surface area (Å²) >= 11 is 4.87. The lowest BCUT2D eigenvalue weighted by molar-refractivity contribution is -0.274. The van der Waals surface area contributed by atoms with Crippen molar-refractivity contribution in [1.29, 1.82) is 0 Å². The Morgan fingerprint density at radius 3 is 2.29 bits per heavy atom. The van der Waals surface area contributed by atoms with E-state index < -0.39 is 6.36 Å². The molecule has 0 saturated carbocycles. The zero-order valence-corrected chi connectivity index (χ0v) is 11.2. The molecular weight excluding hydrogens is 305 g/mol. The van der Waals surface area contributed by atoms with E-state index in [9.17, 15) is 13.2 Å². The zero-order chi connectivity index (χ0) is 15.5. The molecule has 0 amide bonds. The Bertz CT molecular complexity index is 645. The molecule has 0 unspecified atom stereocenters. The van der Waals surface area contributed by atoms with E-state index in [4.69, 9.17) is 22.7 Å². The van der Waals surface area contributed by atoms with Crippen LogP contribution in [-0.4, -0.2) is 16.3 Å². The van der Waals surface area contributed by atoms with Gasteiger partial charge in [-0.3, -0.25) is 4.98 Å². The van der Waals surface area contributed by atoms with Gasteiger partial charge in [0.05, 0.1) is 11.8 Å². The Balaban J connectivity index is 2.16. The molecule has 0 aliphatic heterocycles. The van der Waals surface area contributed by atoms with Crippen LogP contribution in [-0.2, 0) is 0 Å². The number of aromatic nitrogens is 1. The second-order valence-electron chi connectivity index (χ2n) is 3.86. The van der Waals surface area contributed by atoms with Crippen LogP contribution in [0.1, 0.15) is 5.56 Å². The van der Waals surface area contributed by atoms with Crippen molar-refractivity contribution in [3.8, 4) is 17.2 Å². The number of benzene rings is 1. The number of pyridine rings is 1. The summed E-state index contributed by atoms with van der Waals surface area (Å²) in [5.41, 5.74) is 6.02. The minimum atomic E-state index is -4.73. The van der Waals surface area contributed by atoms with Gasteiger partial charge in [0.15, 0.2) is 5.75 Å². The Labute approximate surface area is 123 Å². The first-order chi connectivity index (χ1) is 9.85. The van der Waals surface area contributed by atoms with Gasteiger partial charge in [0.25, 0.3) is 0 Å². The van der Waals surface area contributed by atoms with Gasteiger partial charge >= 0.3 is 6.36 Å². The topological polar surface area (TPSA) is 57.4 Å². The van der Waals surface area contributed by atoms with Crippen molar-refractivity contribution in [3.05, 3.63) is 48.3 Å². The molecule has 1 aromatic carbocycles. The van der Waals surface area contributed by atoms with Crippen molar-refractivity contribution in [2.45, 2.75) is 6.36 Å². The van der Waals surface area contributed by atoms with Gasteiger partial charge in [-0.1, -0.05) is 12.2 Å². The molecule has 2 aromatic rings. The fourth-order valence-corrected chi connectivity index (χ4v) is 1.67. The van der Waals surface area contributed by atoms with Crippen LogP contribution in [0.5, 0.6) is 17.2 Å². The van der Waals surface area contributed by atoms with Crippen LogP contribution in [0.3, 0.4) is 0 Å². The SMILES string of the molecule is NC(=S)c1ccncc1Oc1ccc(OC(F)(F)F)cc1. The third-order valence-corrected chi connectivity index (χ3v) is 2.56. The summed E-state index contributed by atoms with van der Waals surface area (Å²) < 4.78 is 45.4. The van der Waals surface area contributed by atoms with Crippen molar-refractivity contribution in [2.75, 3.05) is 0 Å². The van der Waals surface area contributed by atoms with Gasteiger partial charge in [-0.15, -0.1) is 13.2 Å². The van der Waals surface area contributed by atoms with Gasteiger partial charge < -0.3 is 15.2 Å². The Morgan fingerprint density at radius 1 is 1.10 bits per heavy atom. The van der Waals surface area contributed by atoms with E-state index in [1.54, 1.807) is 6.07 Å². The quantitative estimate of drug-likeness (QED) is 0.877. The van der Waals surface area contributed by atoms with Gasteiger partial charge in [0, 0.05) is 6.20 Å². The number of thiocarbonyl (C=S) groups is 1. The molecule has 0 spiro atoms. The van der Waals surface area contributed by atoms with E-state index in [-0.39, 0.29) is 10.7 Å². The molecule has 4 nitrogen and oxygen atoms in total. The second-order valence-corrected chi connectivity index (χ2v) is 4.30. The van der Waals surface area contributed by atoms with E-state index in [0.29, 0.717) is 17.1 Å². The number of halogens is 3. The second kappa shape index (κ2) is 5.96. The molecule has 1 aromatic heterocycles. The zero-order valence-electron chi connectivity index (χ0n) is 10.4. The lowest BCUT2D eigenvalue weighted by Crippen LogP contribution is -2.16. The van der Waals surface area contributed by atoms with Crippen molar-refractivity contribution < 1.29 is 22.6 Å². The Kier molecular flexibility index (Phi) is 4.27. The number of alkyl halides is 3. The van der Waals surface area contributed by atoms with Crippen LogP contribution in [0.25, 0.3) is 0 Å². The summed E-state index contributed by atoms with van der Waals surface area (Å²) in [5, 5.41) is 0. The highest BCUT2D eigenvalue weighted by atomic mass is 32.1. The number of hydrogen-bond donors (Lipinski definition) is 1. The standard InChI is InChI=1S/C13H9F3N2O2S/c14-13(15,16)20-9-3-1-8(2-4-9)19-11-7-18-6-5-10(11)12(17)21/h1-7H,(H2,17,21). The monoisotopic (exact) mass is 314 g/mol. The summed E-state index contributed by atoms with van der Waals surface area (Å²) in [6.45, 7) is 0. The maximum absolute atomic E-state index is 12.0. The van der Waals surface area contributed by atoms with Crippen LogP contribution in [0, 0.1) is 0 Å². The molecule has 0 atom stereocenters. The molecular formula is C13H9F3N2O2S. The summed E-state index contributed by atoms with van der Waals surface area (Å²) in [4.78, 5) is 4.01. The van der Waals surface area contributed by atoms with Crippen LogP contribution in [0.2, 0.25) is 0 Å². The fourth-order valence-electron chi connectivity index (χ4n) is 1.50. The molecule has 0 aliphatic carbocycles. The molecule has 1 heterocycles. The fraction of sp³-hybridized carbons (Fsp3) is 0.0769. The van der Waals surface area contributed by atoms with Crippen LogP contribution >= 0.6 is 12.2 Å². The first kappa shape index (κ1) is 15.0. The molecule has 2 rings (SSSR count). The van der Waals surface area contributed by atoms with E-state index >= 15 is 0 Å². The van der Waals surface area contributed by atoms with Crippen molar-refractivity contribution in [1.82, 2.24) is 4.98 Å². The molecule has 0 radical (unpaired) electrons. The number of rotatable bonds is 4. The predicted octanol–water partition coefficient (Wildman–Crippen LogP) is 3.41. The molecule has 0 saturated heterocycles. The lowest BCUT2D eigenvalue weighted by atomic mass is 10.2. The van der Waals surface area contributed by atoms with Crippen molar-refractivity contribution in [3.63, 3.8) is 0 Å². The summed E-state index contributed by atoms with van der Waals surface area (Å²) in [7, 11) is 0. The highest BCUT2D eigenvalue weighted by Crippen LogP contribution is 2.28.